The molecule has 0 saturated carbocycles. The van der Waals surface area contributed by atoms with Crippen molar-refractivity contribution in [3.05, 3.63) is 163 Å². The van der Waals surface area contributed by atoms with Gasteiger partial charge in [0, 0.05) is 38.6 Å². The minimum absolute atomic E-state index is 0.841. The molecule has 0 aliphatic rings. The lowest BCUT2D eigenvalue weighted by atomic mass is 10.1. The molecule has 7 aromatic carbocycles. The summed E-state index contributed by atoms with van der Waals surface area (Å²) in [5.74, 6) is 0. The molecular weight excluding hydrogens is 663 g/mol. The molecule has 5 aromatic heterocycles. The molecule has 0 N–H and O–H groups in total. The van der Waals surface area contributed by atoms with Gasteiger partial charge in [-0.25, -0.2) is 19.9 Å². The second kappa shape index (κ2) is 10.8. The average Bonchev–Trinajstić information content (AvgIpc) is 3.84. The molecule has 0 atom stereocenters. The maximum Gasteiger partial charge on any atom is 0.165 e. The van der Waals surface area contributed by atoms with Gasteiger partial charge in [0.2, 0.25) is 0 Å². The van der Waals surface area contributed by atoms with Crippen molar-refractivity contribution in [1.82, 2.24) is 33.6 Å². The summed E-state index contributed by atoms with van der Waals surface area (Å²) in [6.45, 7) is 2.13. The van der Waals surface area contributed by atoms with Gasteiger partial charge in [-0.2, -0.15) is 0 Å². The summed E-state index contributed by atoms with van der Waals surface area (Å²) < 4.78 is 6.89. The van der Waals surface area contributed by atoms with Crippen LogP contribution >= 0.6 is 0 Å². The lowest BCUT2D eigenvalue weighted by molar-refractivity contribution is 1.13. The molecule has 0 amide bonds. The summed E-state index contributed by atoms with van der Waals surface area (Å²) in [6, 6.07) is 55.4. The van der Waals surface area contributed by atoms with E-state index in [0.29, 0.717) is 0 Å². The van der Waals surface area contributed by atoms with Crippen molar-refractivity contribution in [1.29, 1.82) is 0 Å². The van der Waals surface area contributed by atoms with Gasteiger partial charge >= 0.3 is 0 Å². The minimum Gasteiger partial charge on any atom is -0.309 e. The molecule has 0 saturated heterocycles. The van der Waals surface area contributed by atoms with Crippen LogP contribution in [0, 0.1) is 6.92 Å². The highest BCUT2D eigenvalue weighted by Gasteiger charge is 2.21. The number of nitrogens with zero attached hydrogens (tertiary/aromatic N) is 7. The molecule has 7 heteroatoms. The third-order valence-corrected chi connectivity index (χ3v) is 10.9. The molecule has 0 bridgehead atoms. The highest BCUT2D eigenvalue weighted by Crippen LogP contribution is 2.39. The molecular formula is C47H29N7. The number of benzene rings is 7. The van der Waals surface area contributed by atoms with Crippen LogP contribution in [0.4, 0.5) is 0 Å². The summed E-state index contributed by atoms with van der Waals surface area (Å²) in [5, 5.41) is 4.44. The highest BCUT2D eigenvalue weighted by molar-refractivity contribution is 6.13. The van der Waals surface area contributed by atoms with Crippen molar-refractivity contribution < 1.29 is 0 Å². The molecule has 54 heavy (non-hydrogen) atoms. The molecule has 5 heterocycles. The SMILES string of the molecule is Cc1ccc(-n2c3ccc(-n4c5ccccc5c5nc6ccccc6nc54)cc3c3cc(-n4c5ccccc5c5nc6ccccc6nc54)ccc32)cc1. The van der Waals surface area contributed by atoms with E-state index in [1.54, 1.807) is 0 Å². The number of aryl methyl sites for hydroxylation is 1. The summed E-state index contributed by atoms with van der Waals surface area (Å²) in [4.78, 5) is 20.6. The molecule has 0 aliphatic carbocycles. The van der Waals surface area contributed by atoms with Gasteiger partial charge in [-0.15, -0.1) is 0 Å². The first-order chi connectivity index (χ1) is 26.7. The Bertz CT molecular complexity index is 3300. The first-order valence-corrected chi connectivity index (χ1v) is 18.2. The lowest BCUT2D eigenvalue weighted by Crippen LogP contribution is -1.98. The van der Waals surface area contributed by atoms with E-state index in [2.05, 4.69) is 130 Å². The number of para-hydroxylation sites is 6. The first-order valence-electron chi connectivity index (χ1n) is 18.2. The molecule has 0 spiro atoms. The van der Waals surface area contributed by atoms with Crippen LogP contribution < -0.4 is 0 Å². The highest BCUT2D eigenvalue weighted by atomic mass is 15.1. The zero-order chi connectivity index (χ0) is 35.5. The normalized spacial score (nSPS) is 12.2. The Morgan fingerprint density at radius 1 is 0.333 bits per heavy atom. The van der Waals surface area contributed by atoms with Crippen LogP contribution in [0.25, 0.3) is 105 Å². The van der Waals surface area contributed by atoms with Crippen LogP contribution in [0.5, 0.6) is 0 Å². The van der Waals surface area contributed by atoms with Gasteiger partial charge in [0.15, 0.2) is 11.3 Å². The summed E-state index contributed by atoms with van der Waals surface area (Å²) in [5.41, 5.74) is 15.8. The molecule has 0 aliphatic heterocycles. The molecule has 0 fully saturated rings. The Hall–Kier alpha value is -7.38. The van der Waals surface area contributed by atoms with Crippen LogP contribution in [0.15, 0.2) is 158 Å². The third kappa shape index (κ3) is 4.06. The smallest absolute Gasteiger partial charge is 0.165 e. The van der Waals surface area contributed by atoms with Crippen LogP contribution in [-0.2, 0) is 0 Å². The van der Waals surface area contributed by atoms with Crippen molar-refractivity contribution in [3.8, 4) is 17.1 Å². The van der Waals surface area contributed by atoms with Gasteiger partial charge < -0.3 is 4.57 Å². The zero-order valence-corrected chi connectivity index (χ0v) is 29.1. The Labute approximate surface area is 308 Å². The van der Waals surface area contributed by atoms with Crippen LogP contribution in [0.2, 0.25) is 0 Å². The zero-order valence-electron chi connectivity index (χ0n) is 29.1. The Morgan fingerprint density at radius 3 is 1.20 bits per heavy atom. The fourth-order valence-electron chi connectivity index (χ4n) is 8.39. The first kappa shape index (κ1) is 29.2. The summed E-state index contributed by atoms with van der Waals surface area (Å²) in [6.07, 6.45) is 0. The second-order valence-corrected chi connectivity index (χ2v) is 14.0. The van der Waals surface area contributed by atoms with E-state index in [9.17, 15) is 0 Å². The second-order valence-electron chi connectivity index (χ2n) is 14.0. The summed E-state index contributed by atoms with van der Waals surface area (Å²) >= 11 is 0. The predicted octanol–water partition coefficient (Wildman–Crippen LogP) is 11.2. The van der Waals surface area contributed by atoms with Gasteiger partial charge in [0.05, 0.1) is 44.1 Å². The fourth-order valence-corrected chi connectivity index (χ4v) is 8.39. The van der Waals surface area contributed by atoms with E-state index in [4.69, 9.17) is 19.9 Å². The maximum absolute atomic E-state index is 5.20. The Balaban J connectivity index is 1.17. The average molecular weight is 692 g/mol. The van der Waals surface area contributed by atoms with E-state index in [0.717, 1.165) is 105 Å². The molecule has 252 valence electrons. The van der Waals surface area contributed by atoms with Crippen molar-refractivity contribution in [2.45, 2.75) is 6.92 Å². The number of aromatic nitrogens is 7. The van der Waals surface area contributed by atoms with Crippen molar-refractivity contribution in [3.63, 3.8) is 0 Å². The predicted molar refractivity (Wildman–Crippen MR) is 220 cm³/mol. The van der Waals surface area contributed by atoms with Gasteiger partial charge in [-0.1, -0.05) is 78.4 Å². The van der Waals surface area contributed by atoms with Crippen LogP contribution in [-0.4, -0.2) is 33.6 Å². The molecule has 0 unspecified atom stereocenters. The molecule has 7 nitrogen and oxygen atoms in total. The van der Waals surface area contributed by atoms with E-state index in [1.165, 1.54) is 5.56 Å². The van der Waals surface area contributed by atoms with Crippen molar-refractivity contribution in [2.75, 3.05) is 0 Å². The van der Waals surface area contributed by atoms with Gasteiger partial charge in [-0.3, -0.25) is 9.13 Å². The molecule has 12 aromatic rings. The van der Waals surface area contributed by atoms with Crippen molar-refractivity contribution in [2.24, 2.45) is 0 Å². The number of hydrogen-bond donors (Lipinski definition) is 0. The number of rotatable bonds is 3. The Morgan fingerprint density at radius 2 is 0.722 bits per heavy atom. The van der Waals surface area contributed by atoms with Gasteiger partial charge in [0.1, 0.15) is 11.0 Å². The molecule has 0 radical (unpaired) electrons. The Kier molecular flexibility index (Phi) is 5.86. The van der Waals surface area contributed by atoms with E-state index >= 15 is 0 Å². The van der Waals surface area contributed by atoms with Crippen LogP contribution in [0.1, 0.15) is 5.56 Å². The summed E-state index contributed by atoms with van der Waals surface area (Å²) in [7, 11) is 0. The third-order valence-electron chi connectivity index (χ3n) is 10.9. The van der Waals surface area contributed by atoms with Gasteiger partial charge in [0.25, 0.3) is 0 Å². The van der Waals surface area contributed by atoms with Gasteiger partial charge in [-0.05, 0) is 91.9 Å². The minimum atomic E-state index is 0.841. The fraction of sp³-hybridized carbons (Fsp3) is 0.0213. The topological polar surface area (TPSA) is 66.3 Å². The van der Waals surface area contributed by atoms with Crippen molar-refractivity contribution >= 4 is 88.0 Å². The van der Waals surface area contributed by atoms with E-state index in [-0.39, 0.29) is 0 Å². The maximum atomic E-state index is 5.20. The van der Waals surface area contributed by atoms with E-state index < -0.39 is 0 Å². The van der Waals surface area contributed by atoms with E-state index in [1.807, 2.05) is 48.5 Å². The quantitative estimate of drug-likeness (QED) is 0.185. The lowest BCUT2D eigenvalue weighted by Gasteiger charge is -2.10. The number of hydrogen-bond acceptors (Lipinski definition) is 4. The van der Waals surface area contributed by atoms with Crippen LogP contribution in [0.3, 0.4) is 0 Å². The monoisotopic (exact) mass is 691 g/mol. The molecule has 12 rings (SSSR count). The largest absolute Gasteiger partial charge is 0.309 e. The standard InChI is InChI=1S/C47H29N7/c1-28-18-20-29(21-19-28)52-42-24-22-30(53-40-16-8-2-10-32(40)44-46(53)50-38-14-6-4-12-36(38)48-44)26-34(42)35-27-31(23-25-43(35)52)54-41-17-9-3-11-33(41)45-47(54)51-39-15-7-5-13-37(39)49-45/h2-27H,1H3. The number of fused-ring (bicyclic) bond motifs is 11.